The van der Waals surface area contributed by atoms with Gasteiger partial charge < -0.3 is 20.5 Å². The van der Waals surface area contributed by atoms with Crippen molar-refractivity contribution in [2.24, 2.45) is 4.36 Å². The molecular weight excluding hydrogens is 498 g/mol. The fourth-order valence-electron chi connectivity index (χ4n) is 5.58. The van der Waals surface area contributed by atoms with Crippen LogP contribution in [0, 0.1) is 11.3 Å². The number of aromatic amines is 1. The van der Waals surface area contributed by atoms with Crippen molar-refractivity contribution in [3.63, 3.8) is 0 Å². The van der Waals surface area contributed by atoms with Crippen molar-refractivity contribution in [3.8, 4) is 6.07 Å². The van der Waals surface area contributed by atoms with Gasteiger partial charge in [0.25, 0.3) is 0 Å². The van der Waals surface area contributed by atoms with Gasteiger partial charge in [0.05, 0.1) is 11.7 Å². The number of nitrogens with zero attached hydrogens (tertiary/aromatic N) is 6. The fraction of sp³-hybridized carbons (Fsp3) is 0.333. The number of likely N-dealkylation sites (N-methyl/N-ethyl adjacent to an activating group) is 1. The molecular formula is C27H29N9OS. The van der Waals surface area contributed by atoms with Crippen LogP contribution in [0.5, 0.6) is 0 Å². The number of nitrogens with one attached hydrogen (secondary N) is 3. The second-order valence-corrected chi connectivity index (χ2v) is 12.9. The normalized spacial score (nSPS) is 17.1. The Labute approximate surface area is 221 Å². The summed E-state index contributed by atoms with van der Waals surface area (Å²) in [6, 6.07) is 10.2. The first kappa shape index (κ1) is 24.3. The highest BCUT2D eigenvalue weighted by atomic mass is 32.2. The third-order valence-corrected chi connectivity index (χ3v) is 7.61. The van der Waals surface area contributed by atoms with E-state index in [1.54, 1.807) is 24.8 Å². The van der Waals surface area contributed by atoms with Gasteiger partial charge in [-0.1, -0.05) is 0 Å². The first-order chi connectivity index (χ1) is 18.3. The van der Waals surface area contributed by atoms with Gasteiger partial charge in [0.2, 0.25) is 5.95 Å². The Balaban J connectivity index is 1.35. The van der Waals surface area contributed by atoms with E-state index < -0.39 is 9.73 Å². The van der Waals surface area contributed by atoms with E-state index in [1.807, 2.05) is 6.07 Å². The quantitative estimate of drug-likeness (QED) is 0.332. The van der Waals surface area contributed by atoms with Crippen LogP contribution in [0.15, 0.2) is 41.0 Å². The Morgan fingerprint density at radius 1 is 1.18 bits per heavy atom. The molecule has 10 nitrogen and oxygen atoms in total. The molecule has 3 aromatic heterocycles. The lowest BCUT2D eigenvalue weighted by molar-refractivity contribution is 0.266. The summed E-state index contributed by atoms with van der Waals surface area (Å²) in [5, 5.41) is 17.1. The maximum Gasteiger partial charge on any atom is 0.229 e. The number of rotatable bonds is 5. The van der Waals surface area contributed by atoms with Crippen molar-refractivity contribution in [3.05, 3.63) is 58.9 Å². The Morgan fingerprint density at radius 2 is 2.03 bits per heavy atom. The van der Waals surface area contributed by atoms with Crippen LogP contribution >= 0.6 is 0 Å². The van der Waals surface area contributed by atoms with E-state index in [0.717, 1.165) is 36.1 Å². The number of aryl methyl sites for hydroxylation is 1. The summed E-state index contributed by atoms with van der Waals surface area (Å²) in [6.45, 7) is 2.04. The summed E-state index contributed by atoms with van der Waals surface area (Å²) in [6.07, 6.45) is 9.94. The number of aromatic nitrogens is 4. The number of pyridine rings is 1. The molecule has 0 amide bonds. The summed E-state index contributed by atoms with van der Waals surface area (Å²) in [5.74, 6) is 2.10. The molecule has 4 heterocycles. The molecule has 6 rings (SSSR count). The van der Waals surface area contributed by atoms with Crippen LogP contribution in [0.1, 0.15) is 41.0 Å². The minimum atomic E-state index is -2.41. The van der Waals surface area contributed by atoms with E-state index in [1.165, 1.54) is 35.7 Å². The average molecular weight is 528 g/mol. The third kappa shape index (κ3) is 4.80. The number of H-pyrrole nitrogens is 1. The van der Waals surface area contributed by atoms with Crippen molar-refractivity contribution in [1.82, 2.24) is 24.8 Å². The Morgan fingerprint density at radius 3 is 2.84 bits per heavy atom. The molecule has 4 aromatic rings. The lowest BCUT2D eigenvalue weighted by Crippen LogP contribution is -2.33. The fourth-order valence-corrected chi connectivity index (χ4v) is 6.13. The summed E-state index contributed by atoms with van der Waals surface area (Å²) < 4.78 is 16.5. The molecule has 0 spiro atoms. The lowest BCUT2D eigenvalue weighted by atomic mass is 9.77. The molecule has 3 N–H and O–H groups in total. The van der Waals surface area contributed by atoms with Crippen molar-refractivity contribution >= 4 is 49.7 Å². The largest absolute Gasteiger partial charge is 0.361 e. The van der Waals surface area contributed by atoms with Gasteiger partial charge in [-0.25, -0.2) is 14.2 Å². The highest BCUT2D eigenvalue weighted by Gasteiger charge is 2.29. The molecule has 1 aliphatic heterocycles. The van der Waals surface area contributed by atoms with Gasteiger partial charge in [-0.2, -0.15) is 14.6 Å². The van der Waals surface area contributed by atoms with E-state index in [2.05, 4.69) is 65.1 Å². The summed E-state index contributed by atoms with van der Waals surface area (Å²) in [7, 11) is -0.231. The SMILES string of the molecule is CN1Cc2cc(Nc3ncc(C#N)c(Nc4nc(N=S(C)(C)=O)cc5[nH]ccc45)n3)cc3c2C(CCC3)C1. The Bertz CT molecular complexity index is 1720. The molecule has 2 aliphatic rings. The van der Waals surface area contributed by atoms with Gasteiger partial charge in [0.15, 0.2) is 11.6 Å². The van der Waals surface area contributed by atoms with Crippen LogP contribution in [-0.4, -0.2) is 55.1 Å². The molecule has 1 atom stereocenters. The lowest BCUT2D eigenvalue weighted by Gasteiger charge is -2.37. The monoisotopic (exact) mass is 527 g/mol. The number of fused-ring (bicyclic) bond motifs is 1. The second-order valence-electron chi connectivity index (χ2n) is 10.4. The summed E-state index contributed by atoms with van der Waals surface area (Å²) in [5.41, 5.74) is 6.30. The molecule has 0 bridgehead atoms. The van der Waals surface area contributed by atoms with Crippen molar-refractivity contribution in [1.29, 1.82) is 5.26 Å². The van der Waals surface area contributed by atoms with E-state index >= 15 is 0 Å². The number of anilines is 4. The van der Waals surface area contributed by atoms with Gasteiger partial charge in [0.1, 0.15) is 17.5 Å². The van der Waals surface area contributed by atoms with Crippen molar-refractivity contribution in [2.45, 2.75) is 31.7 Å². The molecule has 11 heteroatoms. The molecule has 0 saturated carbocycles. The standard InChI is InChI=1S/C27H29N9OS/c1-36-14-17-6-4-5-16-9-20(10-18(15-36)24(16)17)31-27-30-13-19(12-28)25(34-27)33-26-21-7-8-29-22(21)11-23(32-26)35-38(2,3)37/h7-11,13,17,29H,4-6,14-15H2,1-3H3,(H2,30,31,32,33,34). The van der Waals surface area contributed by atoms with Crippen LogP contribution in [-0.2, 0) is 22.7 Å². The van der Waals surface area contributed by atoms with Gasteiger partial charge in [-0.05, 0) is 67.1 Å². The maximum absolute atomic E-state index is 12.3. The zero-order chi connectivity index (χ0) is 26.4. The molecule has 0 radical (unpaired) electrons. The van der Waals surface area contributed by atoms with Crippen molar-refractivity contribution in [2.75, 3.05) is 36.7 Å². The highest BCUT2D eigenvalue weighted by molar-refractivity contribution is 7.92. The third-order valence-electron chi connectivity index (χ3n) is 6.98. The van der Waals surface area contributed by atoms with Gasteiger partial charge in [-0.3, -0.25) is 0 Å². The number of hydrogen-bond acceptors (Lipinski definition) is 9. The smallest absolute Gasteiger partial charge is 0.229 e. The summed E-state index contributed by atoms with van der Waals surface area (Å²) in [4.78, 5) is 19.1. The number of benzene rings is 1. The second kappa shape index (κ2) is 9.38. The predicted molar refractivity (Wildman–Crippen MR) is 150 cm³/mol. The molecule has 38 heavy (non-hydrogen) atoms. The topological polar surface area (TPSA) is 135 Å². The van der Waals surface area contributed by atoms with Crippen LogP contribution < -0.4 is 10.6 Å². The van der Waals surface area contributed by atoms with Crippen molar-refractivity contribution < 1.29 is 4.21 Å². The molecule has 1 aromatic carbocycles. The minimum absolute atomic E-state index is 0.281. The van der Waals surface area contributed by atoms with E-state index in [4.69, 9.17) is 0 Å². The molecule has 194 valence electrons. The van der Waals surface area contributed by atoms with Crippen LogP contribution in [0.4, 0.5) is 29.1 Å². The van der Waals surface area contributed by atoms with E-state index in [-0.39, 0.29) is 5.56 Å². The molecule has 1 unspecified atom stereocenters. The number of hydrogen-bond donors (Lipinski definition) is 3. The minimum Gasteiger partial charge on any atom is -0.361 e. The zero-order valence-electron chi connectivity index (χ0n) is 21.6. The van der Waals surface area contributed by atoms with Gasteiger partial charge in [-0.15, -0.1) is 0 Å². The van der Waals surface area contributed by atoms with E-state index in [0.29, 0.717) is 29.3 Å². The highest BCUT2D eigenvalue weighted by Crippen LogP contribution is 2.40. The Hall–Kier alpha value is -4.01. The van der Waals surface area contributed by atoms with Crippen LogP contribution in [0.25, 0.3) is 10.9 Å². The van der Waals surface area contributed by atoms with Gasteiger partial charge >= 0.3 is 0 Å². The van der Waals surface area contributed by atoms with E-state index in [9.17, 15) is 9.47 Å². The Kier molecular flexibility index (Phi) is 6.01. The predicted octanol–water partition coefficient (Wildman–Crippen LogP) is 4.94. The first-order valence-corrected chi connectivity index (χ1v) is 14.9. The van der Waals surface area contributed by atoms with Gasteiger partial charge in [0, 0.05) is 58.7 Å². The molecule has 0 saturated heterocycles. The van der Waals surface area contributed by atoms with Crippen LogP contribution in [0.3, 0.4) is 0 Å². The average Bonchev–Trinajstić information content (AvgIpc) is 3.32. The zero-order valence-corrected chi connectivity index (χ0v) is 22.4. The molecule has 0 fully saturated rings. The first-order valence-electron chi connectivity index (χ1n) is 12.6. The number of nitriles is 1. The molecule has 1 aliphatic carbocycles. The summed E-state index contributed by atoms with van der Waals surface area (Å²) >= 11 is 0. The van der Waals surface area contributed by atoms with Crippen LogP contribution in [0.2, 0.25) is 0 Å². The maximum atomic E-state index is 12.3.